The van der Waals surface area contributed by atoms with Gasteiger partial charge in [0.1, 0.15) is 0 Å². The van der Waals surface area contributed by atoms with E-state index >= 15 is 0 Å². The Kier molecular flexibility index (Phi) is 8.75. The van der Waals surface area contributed by atoms with Crippen molar-refractivity contribution in [3.8, 4) is 17.2 Å². The lowest BCUT2D eigenvalue weighted by Gasteiger charge is -2.14. The van der Waals surface area contributed by atoms with Crippen molar-refractivity contribution in [3.63, 3.8) is 0 Å². The Hall–Kier alpha value is -2.60. The zero-order valence-electron chi connectivity index (χ0n) is 16.8. The van der Waals surface area contributed by atoms with Crippen molar-refractivity contribution >= 4 is 17.6 Å². The minimum Gasteiger partial charge on any atom is -0.493 e. The molecule has 0 aromatic heterocycles. The van der Waals surface area contributed by atoms with Gasteiger partial charge in [0.2, 0.25) is 5.75 Å². The van der Waals surface area contributed by atoms with Gasteiger partial charge in [0.15, 0.2) is 17.5 Å². The Morgan fingerprint density at radius 1 is 0.964 bits per heavy atom. The van der Waals surface area contributed by atoms with Crippen LogP contribution in [0.4, 0.5) is 0 Å². The van der Waals surface area contributed by atoms with Crippen LogP contribution in [0.25, 0.3) is 0 Å². The van der Waals surface area contributed by atoms with E-state index in [-0.39, 0.29) is 0 Å². The molecule has 0 bridgehead atoms. The SMILES string of the molecule is CCNC(=NCc1cc(OC)c(OC)c(OC)c1)NCCc1cccc(Cl)c1. The first-order valence-electron chi connectivity index (χ1n) is 9.16. The highest BCUT2D eigenvalue weighted by Gasteiger charge is 2.13. The summed E-state index contributed by atoms with van der Waals surface area (Å²) in [6.07, 6.45) is 0.856. The molecule has 6 nitrogen and oxygen atoms in total. The first kappa shape index (κ1) is 21.7. The molecule has 0 heterocycles. The summed E-state index contributed by atoms with van der Waals surface area (Å²) >= 11 is 6.04. The fourth-order valence-electron chi connectivity index (χ4n) is 2.76. The van der Waals surface area contributed by atoms with Crippen LogP contribution in [0.2, 0.25) is 5.02 Å². The predicted molar refractivity (Wildman–Crippen MR) is 114 cm³/mol. The molecule has 2 aromatic rings. The highest BCUT2D eigenvalue weighted by Crippen LogP contribution is 2.38. The topological polar surface area (TPSA) is 64.1 Å². The van der Waals surface area contributed by atoms with E-state index in [4.69, 9.17) is 25.8 Å². The number of hydrogen-bond donors (Lipinski definition) is 2. The van der Waals surface area contributed by atoms with Crippen molar-refractivity contribution in [2.45, 2.75) is 19.9 Å². The molecule has 0 aliphatic carbocycles. The fraction of sp³-hybridized carbons (Fsp3) is 0.381. The van der Waals surface area contributed by atoms with Crippen LogP contribution < -0.4 is 24.8 Å². The van der Waals surface area contributed by atoms with Gasteiger partial charge in [-0.1, -0.05) is 23.7 Å². The van der Waals surface area contributed by atoms with Crippen LogP contribution in [-0.2, 0) is 13.0 Å². The number of rotatable bonds is 9. The van der Waals surface area contributed by atoms with Crippen molar-refractivity contribution in [2.75, 3.05) is 34.4 Å². The van der Waals surface area contributed by atoms with Gasteiger partial charge in [0.05, 0.1) is 27.9 Å². The number of ether oxygens (including phenoxy) is 3. The number of halogens is 1. The molecule has 152 valence electrons. The fourth-order valence-corrected chi connectivity index (χ4v) is 2.97. The molecule has 7 heteroatoms. The Morgan fingerprint density at radius 2 is 1.68 bits per heavy atom. The third-order valence-electron chi connectivity index (χ3n) is 4.08. The molecule has 0 radical (unpaired) electrons. The molecule has 0 spiro atoms. The summed E-state index contributed by atoms with van der Waals surface area (Å²) in [7, 11) is 4.79. The van der Waals surface area contributed by atoms with Crippen molar-refractivity contribution in [3.05, 3.63) is 52.5 Å². The summed E-state index contributed by atoms with van der Waals surface area (Å²) in [4.78, 5) is 4.66. The minimum absolute atomic E-state index is 0.475. The minimum atomic E-state index is 0.475. The molecule has 0 saturated carbocycles. The van der Waals surface area contributed by atoms with E-state index in [0.29, 0.717) is 23.8 Å². The summed E-state index contributed by atoms with van der Waals surface area (Å²) in [5, 5.41) is 7.35. The highest BCUT2D eigenvalue weighted by molar-refractivity contribution is 6.30. The van der Waals surface area contributed by atoms with E-state index in [1.165, 1.54) is 5.56 Å². The van der Waals surface area contributed by atoms with E-state index in [1.54, 1.807) is 21.3 Å². The van der Waals surface area contributed by atoms with Gasteiger partial charge in [-0.15, -0.1) is 0 Å². The third-order valence-corrected chi connectivity index (χ3v) is 4.32. The number of nitrogens with zero attached hydrogens (tertiary/aromatic N) is 1. The molecule has 0 atom stereocenters. The van der Waals surface area contributed by atoms with Gasteiger partial charge in [-0.25, -0.2) is 4.99 Å². The van der Waals surface area contributed by atoms with E-state index in [1.807, 2.05) is 37.3 Å². The van der Waals surface area contributed by atoms with Gasteiger partial charge in [-0.05, 0) is 48.7 Å². The van der Waals surface area contributed by atoms with Gasteiger partial charge in [0.25, 0.3) is 0 Å². The summed E-state index contributed by atoms with van der Waals surface area (Å²) in [6, 6.07) is 11.7. The van der Waals surface area contributed by atoms with Crippen LogP contribution in [0.1, 0.15) is 18.1 Å². The second-order valence-corrected chi connectivity index (χ2v) is 6.47. The summed E-state index contributed by atoms with van der Waals surface area (Å²) in [6.45, 7) is 4.04. The van der Waals surface area contributed by atoms with Crippen LogP contribution in [-0.4, -0.2) is 40.4 Å². The second-order valence-electron chi connectivity index (χ2n) is 6.04. The molecule has 28 heavy (non-hydrogen) atoms. The van der Waals surface area contributed by atoms with Crippen LogP contribution >= 0.6 is 11.6 Å². The van der Waals surface area contributed by atoms with Crippen molar-refractivity contribution < 1.29 is 14.2 Å². The summed E-state index contributed by atoms with van der Waals surface area (Å²) in [5.74, 6) is 2.56. The molecule has 0 saturated heterocycles. The zero-order chi connectivity index (χ0) is 20.4. The number of nitrogens with one attached hydrogen (secondary N) is 2. The molecule has 2 rings (SSSR count). The number of aliphatic imine (C=N–C) groups is 1. The largest absolute Gasteiger partial charge is 0.493 e. The monoisotopic (exact) mass is 405 g/mol. The van der Waals surface area contributed by atoms with Crippen LogP contribution in [0, 0.1) is 0 Å². The van der Waals surface area contributed by atoms with E-state index in [2.05, 4.69) is 21.7 Å². The molecule has 0 aliphatic heterocycles. The van der Waals surface area contributed by atoms with E-state index in [0.717, 1.165) is 36.1 Å². The van der Waals surface area contributed by atoms with Gasteiger partial charge < -0.3 is 24.8 Å². The highest BCUT2D eigenvalue weighted by atomic mass is 35.5. The number of methoxy groups -OCH3 is 3. The second kappa shape index (κ2) is 11.3. The van der Waals surface area contributed by atoms with Gasteiger partial charge in [-0.2, -0.15) is 0 Å². The smallest absolute Gasteiger partial charge is 0.203 e. The lowest BCUT2D eigenvalue weighted by molar-refractivity contribution is 0.324. The lowest BCUT2D eigenvalue weighted by atomic mass is 10.1. The van der Waals surface area contributed by atoms with Crippen molar-refractivity contribution in [1.82, 2.24) is 10.6 Å². The molecule has 2 N–H and O–H groups in total. The molecule has 0 amide bonds. The van der Waals surface area contributed by atoms with Gasteiger partial charge in [-0.3, -0.25) is 0 Å². The van der Waals surface area contributed by atoms with E-state index in [9.17, 15) is 0 Å². The number of hydrogen-bond acceptors (Lipinski definition) is 4. The first-order valence-corrected chi connectivity index (χ1v) is 9.54. The third kappa shape index (κ3) is 6.23. The summed E-state index contributed by atoms with van der Waals surface area (Å²) in [5.41, 5.74) is 2.14. The quantitative estimate of drug-likeness (QED) is 0.492. The Balaban J connectivity index is 2.05. The van der Waals surface area contributed by atoms with Crippen molar-refractivity contribution in [2.24, 2.45) is 4.99 Å². The number of benzene rings is 2. The Labute approximate surface area is 171 Å². The average molecular weight is 406 g/mol. The number of guanidine groups is 1. The maximum atomic E-state index is 6.04. The van der Waals surface area contributed by atoms with Crippen LogP contribution in [0.5, 0.6) is 17.2 Å². The maximum Gasteiger partial charge on any atom is 0.203 e. The molecular weight excluding hydrogens is 378 g/mol. The standard InChI is InChI=1S/C21H28ClN3O3/c1-5-23-21(24-10-9-15-7-6-8-17(22)11-15)25-14-16-12-18(26-2)20(28-4)19(13-16)27-3/h6-8,11-13H,5,9-10,14H2,1-4H3,(H2,23,24,25). The van der Waals surface area contributed by atoms with Gasteiger partial charge in [0, 0.05) is 18.1 Å². The predicted octanol–water partition coefficient (Wildman–Crippen LogP) is 3.66. The normalized spacial score (nSPS) is 11.1. The lowest BCUT2D eigenvalue weighted by Crippen LogP contribution is -2.38. The van der Waals surface area contributed by atoms with Crippen LogP contribution in [0.15, 0.2) is 41.4 Å². The molecule has 0 unspecified atom stereocenters. The average Bonchev–Trinajstić information content (AvgIpc) is 2.71. The molecule has 2 aromatic carbocycles. The van der Waals surface area contributed by atoms with Gasteiger partial charge >= 0.3 is 0 Å². The zero-order valence-corrected chi connectivity index (χ0v) is 17.6. The Morgan fingerprint density at radius 3 is 2.25 bits per heavy atom. The summed E-state index contributed by atoms with van der Waals surface area (Å²) < 4.78 is 16.2. The maximum absolute atomic E-state index is 6.04. The molecule has 0 fully saturated rings. The van der Waals surface area contributed by atoms with E-state index < -0.39 is 0 Å². The molecular formula is C21H28ClN3O3. The van der Waals surface area contributed by atoms with Crippen molar-refractivity contribution in [1.29, 1.82) is 0 Å². The first-order chi connectivity index (χ1) is 13.6. The molecule has 0 aliphatic rings. The van der Waals surface area contributed by atoms with Crippen LogP contribution in [0.3, 0.4) is 0 Å². The Bertz CT molecular complexity index is 771.